The van der Waals surface area contributed by atoms with Gasteiger partial charge in [-0.15, -0.1) is 0 Å². The van der Waals surface area contributed by atoms with Gasteiger partial charge in [0.1, 0.15) is 0 Å². The van der Waals surface area contributed by atoms with Gasteiger partial charge >= 0.3 is 0 Å². The molecule has 0 aromatic heterocycles. The van der Waals surface area contributed by atoms with Crippen LogP contribution in [0.4, 0.5) is 0 Å². The fourth-order valence-corrected chi connectivity index (χ4v) is 3.89. The first kappa shape index (κ1) is 11.8. The SMILES string of the molecule is O=C(Cl)C1CCCC(P(=O)(Cl)Cl)C1. The summed E-state index contributed by atoms with van der Waals surface area (Å²) < 4.78 is 11.3. The van der Waals surface area contributed by atoms with Gasteiger partial charge in [-0.3, -0.25) is 9.36 Å². The highest BCUT2D eigenvalue weighted by Crippen LogP contribution is 2.64. The van der Waals surface area contributed by atoms with Crippen molar-refractivity contribution in [3.8, 4) is 0 Å². The minimum Gasteiger partial charge on any atom is -0.289 e. The van der Waals surface area contributed by atoms with E-state index in [9.17, 15) is 9.36 Å². The summed E-state index contributed by atoms with van der Waals surface area (Å²) >= 11 is 16.5. The normalized spacial score (nSPS) is 30.1. The predicted octanol–water partition coefficient (Wildman–Crippen LogP) is 3.98. The van der Waals surface area contributed by atoms with Crippen LogP contribution < -0.4 is 0 Å². The molecule has 13 heavy (non-hydrogen) atoms. The molecule has 0 heterocycles. The highest BCUT2D eigenvalue weighted by Gasteiger charge is 2.35. The molecule has 6 heteroatoms. The van der Waals surface area contributed by atoms with Crippen molar-refractivity contribution in [2.45, 2.75) is 31.3 Å². The molecule has 0 N–H and O–H groups in total. The van der Waals surface area contributed by atoms with Gasteiger partial charge in [-0.1, -0.05) is 6.42 Å². The maximum Gasteiger partial charge on any atom is 0.256 e. The van der Waals surface area contributed by atoms with Crippen molar-refractivity contribution in [1.29, 1.82) is 0 Å². The topological polar surface area (TPSA) is 34.1 Å². The van der Waals surface area contributed by atoms with Crippen LogP contribution in [0.2, 0.25) is 0 Å². The number of rotatable bonds is 2. The van der Waals surface area contributed by atoms with Crippen LogP contribution in [0.1, 0.15) is 25.7 Å². The molecule has 0 radical (unpaired) electrons. The van der Waals surface area contributed by atoms with Gasteiger partial charge < -0.3 is 0 Å². The van der Waals surface area contributed by atoms with Crippen molar-refractivity contribution in [1.82, 2.24) is 0 Å². The lowest BCUT2D eigenvalue weighted by Crippen LogP contribution is -2.21. The monoisotopic (exact) mass is 262 g/mol. The van der Waals surface area contributed by atoms with E-state index >= 15 is 0 Å². The van der Waals surface area contributed by atoms with Gasteiger partial charge in [0.05, 0.1) is 0 Å². The van der Waals surface area contributed by atoms with Crippen molar-refractivity contribution < 1.29 is 9.36 Å². The maximum atomic E-state index is 11.3. The molecule has 1 rings (SSSR count). The molecule has 0 spiro atoms. The maximum absolute atomic E-state index is 11.3. The van der Waals surface area contributed by atoms with E-state index in [0.29, 0.717) is 6.42 Å². The van der Waals surface area contributed by atoms with Crippen LogP contribution in [0.3, 0.4) is 0 Å². The van der Waals surface area contributed by atoms with Crippen LogP contribution in [-0.2, 0) is 9.36 Å². The molecule has 2 unspecified atom stereocenters. The second-order valence-electron chi connectivity index (χ2n) is 3.32. The lowest BCUT2D eigenvalue weighted by Gasteiger charge is -2.26. The number of carbonyl (C=O) groups excluding carboxylic acids is 1. The Hall–Kier alpha value is 0.770. The fraction of sp³-hybridized carbons (Fsp3) is 0.857. The first-order valence-corrected chi connectivity index (χ1v) is 8.06. The quantitative estimate of drug-likeness (QED) is 0.558. The van der Waals surface area contributed by atoms with Crippen LogP contribution in [0.25, 0.3) is 0 Å². The molecule has 0 amide bonds. The first-order valence-electron chi connectivity index (χ1n) is 4.09. The molecule has 2 atom stereocenters. The average Bonchev–Trinajstić information content (AvgIpc) is 2.03. The van der Waals surface area contributed by atoms with E-state index in [1.54, 1.807) is 0 Å². The zero-order valence-corrected chi connectivity index (χ0v) is 10.0. The molecule has 0 saturated heterocycles. The smallest absolute Gasteiger partial charge is 0.256 e. The molecular formula is C7H10Cl3O2P. The predicted molar refractivity (Wildman–Crippen MR) is 55.9 cm³/mol. The minimum absolute atomic E-state index is 0.216. The Morgan fingerprint density at radius 2 is 1.92 bits per heavy atom. The summed E-state index contributed by atoms with van der Waals surface area (Å²) in [5.41, 5.74) is -0.253. The van der Waals surface area contributed by atoms with E-state index in [-0.39, 0.29) is 16.8 Å². The summed E-state index contributed by atoms with van der Waals surface area (Å²) in [7, 11) is 0. The van der Waals surface area contributed by atoms with E-state index in [2.05, 4.69) is 0 Å². The third-order valence-electron chi connectivity index (χ3n) is 2.39. The van der Waals surface area contributed by atoms with Gasteiger partial charge in [0.2, 0.25) is 5.24 Å². The summed E-state index contributed by atoms with van der Waals surface area (Å²) in [6, 6.07) is 0. The molecule has 2 nitrogen and oxygen atoms in total. The number of carbonyl (C=O) groups is 1. The Balaban J connectivity index is 2.62. The molecule has 1 aliphatic carbocycles. The third-order valence-corrected chi connectivity index (χ3v) is 5.68. The second-order valence-corrected chi connectivity index (χ2v) is 8.96. The number of hydrogen-bond donors (Lipinski definition) is 0. The fourth-order valence-electron chi connectivity index (χ4n) is 1.64. The summed E-state index contributed by atoms with van der Waals surface area (Å²) in [6.07, 6.45) is 2.77. The van der Waals surface area contributed by atoms with E-state index in [4.69, 9.17) is 34.1 Å². The Morgan fingerprint density at radius 3 is 2.38 bits per heavy atom. The molecule has 1 saturated carbocycles. The zero-order valence-electron chi connectivity index (χ0n) is 6.88. The van der Waals surface area contributed by atoms with Gasteiger partial charge in [0, 0.05) is 11.6 Å². The molecular weight excluding hydrogens is 253 g/mol. The molecule has 0 aliphatic heterocycles. The van der Waals surface area contributed by atoms with Crippen LogP contribution in [0.15, 0.2) is 0 Å². The molecule has 76 valence electrons. The van der Waals surface area contributed by atoms with E-state index in [1.807, 2.05) is 0 Å². The van der Waals surface area contributed by atoms with Crippen molar-refractivity contribution in [3.63, 3.8) is 0 Å². The Kier molecular flexibility index (Phi) is 4.12. The Bertz CT molecular complexity index is 250. The largest absolute Gasteiger partial charge is 0.289 e. The van der Waals surface area contributed by atoms with Crippen LogP contribution in [0, 0.1) is 5.92 Å². The summed E-state index contributed by atoms with van der Waals surface area (Å²) in [5.74, 6) is -3.30. The average molecular weight is 263 g/mol. The summed E-state index contributed by atoms with van der Waals surface area (Å²) in [4.78, 5) is 10.9. The first-order chi connectivity index (χ1) is 5.91. The van der Waals surface area contributed by atoms with Gasteiger partial charge in [-0.05, 0) is 53.3 Å². The van der Waals surface area contributed by atoms with Gasteiger partial charge in [0.25, 0.3) is 5.85 Å². The number of hydrogen-bond acceptors (Lipinski definition) is 2. The molecule has 0 aromatic rings. The van der Waals surface area contributed by atoms with Crippen LogP contribution in [-0.4, -0.2) is 10.9 Å². The summed E-state index contributed by atoms with van der Waals surface area (Å²) in [6.45, 7) is 0. The highest BCUT2D eigenvalue weighted by molar-refractivity contribution is 8.09. The third kappa shape index (κ3) is 3.43. The number of halogens is 3. The Labute approximate surface area is 91.9 Å². The van der Waals surface area contributed by atoms with Crippen molar-refractivity contribution in [3.05, 3.63) is 0 Å². The van der Waals surface area contributed by atoms with Crippen molar-refractivity contribution >= 4 is 45.2 Å². The van der Waals surface area contributed by atoms with Gasteiger partial charge in [-0.2, -0.15) is 0 Å². The lowest BCUT2D eigenvalue weighted by molar-refractivity contribution is -0.115. The highest BCUT2D eigenvalue weighted by atomic mass is 35.9. The van der Waals surface area contributed by atoms with Crippen LogP contribution in [0.5, 0.6) is 0 Å². The van der Waals surface area contributed by atoms with Gasteiger partial charge in [-0.25, -0.2) is 0 Å². The Morgan fingerprint density at radius 1 is 1.31 bits per heavy atom. The lowest BCUT2D eigenvalue weighted by atomic mass is 9.90. The molecule has 1 aliphatic rings. The molecule has 0 bridgehead atoms. The van der Waals surface area contributed by atoms with Crippen molar-refractivity contribution in [2.24, 2.45) is 5.92 Å². The minimum atomic E-state index is -3.08. The molecule has 0 aromatic carbocycles. The van der Waals surface area contributed by atoms with E-state index in [0.717, 1.165) is 19.3 Å². The second kappa shape index (κ2) is 4.53. The van der Waals surface area contributed by atoms with E-state index < -0.39 is 5.85 Å². The van der Waals surface area contributed by atoms with Crippen LogP contribution >= 0.6 is 39.9 Å². The standard InChI is InChI=1S/C7H10Cl3O2P/c8-7(11)5-2-1-3-6(4-5)13(9,10)12/h5-6H,1-4H2. The van der Waals surface area contributed by atoms with Gasteiger partial charge in [0.15, 0.2) is 0 Å². The zero-order chi connectivity index (χ0) is 10.1. The van der Waals surface area contributed by atoms with E-state index in [1.165, 1.54) is 0 Å². The summed E-state index contributed by atoms with van der Waals surface area (Å²) in [5, 5.41) is -0.369. The molecule has 1 fully saturated rings. The van der Waals surface area contributed by atoms with Crippen molar-refractivity contribution in [2.75, 3.05) is 0 Å².